The molecule has 30 heavy (non-hydrogen) atoms. The number of thiophene rings is 1. The van der Waals surface area contributed by atoms with Crippen LogP contribution in [0.4, 0.5) is 23.0 Å². The molecule has 1 unspecified atom stereocenters. The maximum absolute atomic E-state index is 13.9. The number of carbonyl (C=O) groups excluding carboxylic acids is 1. The highest BCUT2D eigenvalue weighted by atomic mass is 32.1. The number of hydrogen-bond donors (Lipinski definition) is 1. The van der Waals surface area contributed by atoms with Crippen LogP contribution in [-0.2, 0) is 17.7 Å². The highest BCUT2D eigenvalue weighted by Gasteiger charge is 2.50. The zero-order valence-electron chi connectivity index (χ0n) is 16.5. The molecule has 1 atom stereocenters. The van der Waals surface area contributed by atoms with Crippen LogP contribution in [0.3, 0.4) is 0 Å². The fourth-order valence-electron chi connectivity index (χ4n) is 3.46. The van der Waals surface area contributed by atoms with Gasteiger partial charge in [-0.1, -0.05) is 12.1 Å². The van der Waals surface area contributed by atoms with Crippen molar-refractivity contribution >= 4 is 44.0 Å². The zero-order chi connectivity index (χ0) is 21.8. The van der Waals surface area contributed by atoms with Crippen molar-refractivity contribution in [2.24, 2.45) is 0 Å². The maximum Gasteiger partial charge on any atom is 0.411 e. The van der Waals surface area contributed by atoms with E-state index in [1.807, 2.05) is 24.3 Å². The van der Waals surface area contributed by atoms with Gasteiger partial charge in [0.2, 0.25) is 0 Å². The first-order valence-electron chi connectivity index (χ1n) is 9.26. The van der Waals surface area contributed by atoms with Gasteiger partial charge < -0.3 is 10.5 Å². The Hall–Kier alpha value is -2.33. The predicted molar refractivity (Wildman–Crippen MR) is 113 cm³/mol. The van der Waals surface area contributed by atoms with Gasteiger partial charge in [-0.25, -0.2) is 9.78 Å². The first kappa shape index (κ1) is 20.9. The Kier molecular flexibility index (Phi) is 4.97. The molecular formula is C20H20F3N3O2S2. The highest BCUT2D eigenvalue weighted by Crippen LogP contribution is 2.47. The number of nitrogens with zero attached hydrogens (tertiary/aromatic N) is 2. The summed E-state index contributed by atoms with van der Waals surface area (Å²) in [6.45, 7) is 4.67. The molecule has 0 fully saturated rings. The molecule has 0 saturated heterocycles. The van der Waals surface area contributed by atoms with Crippen molar-refractivity contribution in [3.63, 3.8) is 0 Å². The van der Waals surface area contributed by atoms with Gasteiger partial charge in [-0.15, -0.1) is 22.7 Å². The molecule has 1 aromatic carbocycles. The lowest BCUT2D eigenvalue weighted by molar-refractivity contribution is -0.183. The monoisotopic (exact) mass is 455 g/mol. The average Bonchev–Trinajstić information content (AvgIpc) is 3.17. The lowest BCUT2D eigenvalue weighted by atomic mass is 9.96. The van der Waals surface area contributed by atoms with E-state index in [9.17, 15) is 18.0 Å². The Morgan fingerprint density at radius 2 is 1.93 bits per heavy atom. The van der Waals surface area contributed by atoms with Crippen LogP contribution in [0, 0.1) is 0 Å². The molecule has 160 valence electrons. The summed E-state index contributed by atoms with van der Waals surface area (Å²) in [4.78, 5) is 18.5. The van der Waals surface area contributed by atoms with Gasteiger partial charge in [-0.3, -0.25) is 4.90 Å². The van der Waals surface area contributed by atoms with Crippen LogP contribution in [0.25, 0.3) is 20.8 Å². The maximum atomic E-state index is 13.9. The molecule has 0 bridgehead atoms. The van der Waals surface area contributed by atoms with Gasteiger partial charge in [0.1, 0.15) is 16.7 Å². The quantitative estimate of drug-likeness (QED) is 0.501. The number of aromatic nitrogens is 1. The highest BCUT2D eigenvalue weighted by molar-refractivity contribution is 7.22. The van der Waals surface area contributed by atoms with Crippen molar-refractivity contribution in [3.05, 3.63) is 34.7 Å². The second-order valence-corrected chi connectivity index (χ2v) is 10.3. The SMILES string of the molecule is CC(C)(C)OC(=O)N1Cc2sc(N)c(-c3nc4ccccc4s3)c2CC1C(F)(F)F. The summed E-state index contributed by atoms with van der Waals surface area (Å²) in [6.07, 6.45) is -5.96. The molecule has 1 amide bonds. The van der Waals surface area contributed by atoms with Crippen LogP contribution in [-0.4, -0.2) is 33.8 Å². The molecule has 1 aliphatic heterocycles. The van der Waals surface area contributed by atoms with Crippen LogP contribution in [0.1, 0.15) is 31.2 Å². The van der Waals surface area contributed by atoms with Crippen molar-refractivity contribution in [3.8, 4) is 10.6 Å². The van der Waals surface area contributed by atoms with Crippen LogP contribution in [0.15, 0.2) is 24.3 Å². The van der Waals surface area contributed by atoms with Crippen molar-refractivity contribution in [2.75, 3.05) is 5.73 Å². The van der Waals surface area contributed by atoms with Gasteiger partial charge in [-0.2, -0.15) is 13.2 Å². The minimum atomic E-state index is -4.60. The van der Waals surface area contributed by atoms with E-state index in [1.165, 1.54) is 22.7 Å². The predicted octanol–water partition coefficient (Wildman–Crippen LogP) is 5.83. The number of nitrogen functional groups attached to an aromatic ring is 1. The molecule has 3 aromatic rings. The topological polar surface area (TPSA) is 68.5 Å². The number of benzene rings is 1. The summed E-state index contributed by atoms with van der Waals surface area (Å²) >= 11 is 2.60. The molecule has 5 nitrogen and oxygen atoms in total. The lowest BCUT2D eigenvalue weighted by Gasteiger charge is -2.37. The van der Waals surface area contributed by atoms with Gasteiger partial charge in [0, 0.05) is 16.9 Å². The number of fused-ring (bicyclic) bond motifs is 2. The van der Waals surface area contributed by atoms with Gasteiger partial charge in [0.15, 0.2) is 0 Å². The summed E-state index contributed by atoms with van der Waals surface area (Å²) in [6, 6.07) is 5.52. The molecule has 0 saturated carbocycles. The van der Waals surface area contributed by atoms with Crippen molar-refractivity contribution < 1.29 is 22.7 Å². The Bertz CT molecular complexity index is 1080. The molecule has 4 rings (SSSR count). The van der Waals surface area contributed by atoms with Crippen molar-refractivity contribution in [1.29, 1.82) is 0 Å². The second kappa shape index (κ2) is 7.12. The largest absolute Gasteiger partial charge is 0.444 e. The first-order valence-corrected chi connectivity index (χ1v) is 10.9. The van der Waals surface area contributed by atoms with Gasteiger partial charge in [-0.05, 0) is 38.5 Å². The molecule has 3 heterocycles. The third-order valence-electron chi connectivity index (χ3n) is 4.72. The fourth-order valence-corrected chi connectivity index (χ4v) is 5.68. The minimum Gasteiger partial charge on any atom is -0.444 e. The Balaban J connectivity index is 1.77. The van der Waals surface area contributed by atoms with Crippen LogP contribution < -0.4 is 5.73 Å². The zero-order valence-corrected chi connectivity index (χ0v) is 18.2. The number of anilines is 1. The van der Waals surface area contributed by atoms with E-state index in [1.54, 1.807) is 20.8 Å². The number of halogens is 3. The standard InChI is InChI=1S/C20H20F3N3O2S2/c1-19(2,3)28-18(27)26-9-13-10(8-14(26)20(21,22)23)15(16(24)29-13)17-25-11-6-4-5-7-12(11)30-17/h4-7,14H,8-9,24H2,1-3H3. The fraction of sp³-hybridized carbons (Fsp3) is 0.400. The summed E-state index contributed by atoms with van der Waals surface area (Å²) in [5, 5.41) is 1.00. The minimum absolute atomic E-state index is 0.200. The van der Waals surface area contributed by atoms with Crippen LogP contribution >= 0.6 is 22.7 Å². The van der Waals surface area contributed by atoms with Gasteiger partial charge in [0.05, 0.1) is 21.8 Å². The Labute approximate surface area is 179 Å². The molecule has 0 spiro atoms. The molecular weight excluding hydrogens is 435 g/mol. The van der Waals surface area contributed by atoms with Crippen molar-refractivity contribution in [2.45, 2.75) is 51.6 Å². The number of carbonyl (C=O) groups is 1. The van der Waals surface area contributed by atoms with E-state index in [2.05, 4.69) is 4.98 Å². The third-order valence-corrected chi connectivity index (χ3v) is 6.82. The Morgan fingerprint density at radius 1 is 1.23 bits per heavy atom. The van der Waals surface area contributed by atoms with E-state index in [-0.39, 0.29) is 13.0 Å². The van der Waals surface area contributed by atoms with Crippen molar-refractivity contribution in [1.82, 2.24) is 9.88 Å². The summed E-state index contributed by atoms with van der Waals surface area (Å²) < 4.78 is 47.9. The number of ether oxygens (including phenoxy) is 1. The molecule has 2 N–H and O–H groups in total. The number of thiazole rings is 1. The third kappa shape index (κ3) is 3.85. The van der Waals surface area contributed by atoms with E-state index < -0.39 is 23.9 Å². The lowest BCUT2D eigenvalue weighted by Crippen LogP contribution is -2.53. The van der Waals surface area contributed by atoms with E-state index in [0.717, 1.165) is 15.1 Å². The molecule has 2 aromatic heterocycles. The number of amides is 1. The number of para-hydroxylation sites is 1. The Morgan fingerprint density at radius 3 is 2.57 bits per heavy atom. The smallest absolute Gasteiger partial charge is 0.411 e. The number of alkyl halides is 3. The summed E-state index contributed by atoms with van der Waals surface area (Å²) in [7, 11) is 0. The van der Waals surface area contributed by atoms with Crippen LogP contribution in [0.2, 0.25) is 0 Å². The molecule has 0 aliphatic carbocycles. The van der Waals surface area contributed by atoms with E-state index in [4.69, 9.17) is 10.5 Å². The van der Waals surface area contributed by atoms with E-state index in [0.29, 0.717) is 26.0 Å². The van der Waals surface area contributed by atoms with Gasteiger partial charge in [0.25, 0.3) is 0 Å². The van der Waals surface area contributed by atoms with Gasteiger partial charge >= 0.3 is 12.3 Å². The molecule has 10 heteroatoms. The van der Waals surface area contributed by atoms with E-state index >= 15 is 0 Å². The second-order valence-electron chi connectivity index (χ2n) is 8.10. The number of rotatable bonds is 1. The number of nitrogens with two attached hydrogens (primary N) is 1. The first-order chi connectivity index (χ1) is 13.9. The summed E-state index contributed by atoms with van der Waals surface area (Å²) in [5.74, 6) is 0. The summed E-state index contributed by atoms with van der Waals surface area (Å²) in [5.41, 5.74) is 7.16. The molecule has 0 radical (unpaired) electrons. The average molecular weight is 456 g/mol. The van der Waals surface area contributed by atoms with Crippen LogP contribution in [0.5, 0.6) is 0 Å². The normalized spacial score (nSPS) is 17.3. The molecule has 1 aliphatic rings. The number of hydrogen-bond acceptors (Lipinski definition) is 6.